The Hall–Kier alpha value is -3.51. The Bertz CT molecular complexity index is 1180. The van der Waals surface area contributed by atoms with Crippen molar-refractivity contribution in [3.63, 3.8) is 0 Å². The number of nitrogens with two attached hydrogens (primary N) is 1. The second-order valence-corrected chi connectivity index (χ2v) is 8.30. The normalized spacial score (nSPS) is 11.5. The van der Waals surface area contributed by atoms with Gasteiger partial charge in [0.05, 0.1) is 11.8 Å². The summed E-state index contributed by atoms with van der Waals surface area (Å²) >= 11 is 0. The number of nitrogens with one attached hydrogen (secondary N) is 3. The number of nitrogen functional groups attached to an aromatic ring is 1. The molecule has 6 heteroatoms. The number of aromatic amines is 1. The second-order valence-electron chi connectivity index (χ2n) is 8.30. The summed E-state index contributed by atoms with van der Waals surface area (Å²) in [5.74, 6) is 0. The maximum absolute atomic E-state index is 9.71. The molecule has 6 nitrogen and oxygen atoms in total. The maximum atomic E-state index is 9.71. The molecule has 0 saturated carbocycles. The lowest BCUT2D eigenvalue weighted by atomic mass is 10.1. The van der Waals surface area contributed by atoms with Gasteiger partial charge in [0.2, 0.25) is 0 Å². The molecule has 4 rings (SSSR count). The Morgan fingerprint density at radius 3 is 2.55 bits per heavy atom. The van der Waals surface area contributed by atoms with Crippen LogP contribution in [-0.4, -0.2) is 21.6 Å². The number of fused-ring (bicyclic) bond motifs is 1. The fourth-order valence-electron chi connectivity index (χ4n) is 3.60. The van der Waals surface area contributed by atoms with Crippen LogP contribution < -0.4 is 16.4 Å². The van der Waals surface area contributed by atoms with Crippen molar-refractivity contribution < 1.29 is 5.11 Å². The Balaban J connectivity index is 0.000000968. The lowest BCUT2D eigenvalue weighted by Crippen LogP contribution is -2.06. The number of H-pyrrole nitrogens is 1. The van der Waals surface area contributed by atoms with Crippen LogP contribution >= 0.6 is 0 Å². The van der Waals surface area contributed by atoms with Crippen molar-refractivity contribution in [2.45, 2.75) is 46.6 Å². The van der Waals surface area contributed by atoms with Gasteiger partial charge in [-0.15, -0.1) is 0 Å². The molecule has 0 aliphatic carbocycles. The minimum absolute atomic E-state index is 0.588. The zero-order valence-corrected chi connectivity index (χ0v) is 19.9. The SMILES string of the molecule is CCC.Cc1cc(Nc2ccnc(C(C)O)c2)ccc1NCCc1c[nH]c2cc(N)ccc12. The number of aryl methyl sites for hydroxylation is 1. The van der Waals surface area contributed by atoms with Crippen LogP contribution in [0.5, 0.6) is 0 Å². The van der Waals surface area contributed by atoms with Crippen molar-refractivity contribution in [2.24, 2.45) is 0 Å². The molecule has 1 atom stereocenters. The van der Waals surface area contributed by atoms with Gasteiger partial charge in [0, 0.05) is 52.6 Å². The van der Waals surface area contributed by atoms with E-state index in [9.17, 15) is 5.11 Å². The smallest absolute Gasteiger partial charge is 0.0932 e. The van der Waals surface area contributed by atoms with E-state index in [1.54, 1.807) is 13.1 Å². The zero-order chi connectivity index (χ0) is 23.8. The first-order chi connectivity index (χ1) is 15.9. The van der Waals surface area contributed by atoms with Crippen LogP contribution in [0.1, 0.15) is 50.1 Å². The number of aliphatic hydroxyl groups excluding tert-OH is 1. The van der Waals surface area contributed by atoms with Gasteiger partial charge in [-0.05, 0) is 73.9 Å². The lowest BCUT2D eigenvalue weighted by molar-refractivity contribution is 0.194. The largest absolute Gasteiger partial charge is 0.399 e. The third-order valence-electron chi connectivity index (χ3n) is 5.23. The third kappa shape index (κ3) is 6.49. The van der Waals surface area contributed by atoms with Crippen LogP contribution in [0.4, 0.5) is 22.7 Å². The summed E-state index contributed by atoms with van der Waals surface area (Å²) in [6.45, 7) is 8.89. The average Bonchev–Trinajstić information content (AvgIpc) is 3.18. The summed E-state index contributed by atoms with van der Waals surface area (Å²) in [6.07, 6.45) is 5.34. The Morgan fingerprint density at radius 1 is 1.06 bits per heavy atom. The number of aromatic nitrogens is 2. The van der Waals surface area contributed by atoms with Crippen molar-refractivity contribution in [2.75, 3.05) is 22.9 Å². The van der Waals surface area contributed by atoms with Gasteiger partial charge in [-0.1, -0.05) is 26.3 Å². The summed E-state index contributed by atoms with van der Waals surface area (Å²) < 4.78 is 0. The first-order valence-corrected chi connectivity index (χ1v) is 11.5. The van der Waals surface area contributed by atoms with Gasteiger partial charge in [0.15, 0.2) is 0 Å². The van der Waals surface area contributed by atoms with E-state index in [1.165, 1.54) is 17.4 Å². The molecule has 0 fully saturated rings. The summed E-state index contributed by atoms with van der Waals surface area (Å²) in [4.78, 5) is 7.48. The zero-order valence-electron chi connectivity index (χ0n) is 19.9. The van der Waals surface area contributed by atoms with Gasteiger partial charge in [-0.3, -0.25) is 4.98 Å². The minimum Gasteiger partial charge on any atom is -0.399 e. The molecule has 6 N–H and O–H groups in total. The van der Waals surface area contributed by atoms with E-state index in [0.29, 0.717) is 5.69 Å². The topological polar surface area (TPSA) is 99.0 Å². The number of rotatable bonds is 7. The number of hydrogen-bond donors (Lipinski definition) is 5. The first kappa shape index (κ1) is 24.1. The quantitative estimate of drug-likeness (QED) is 0.214. The Morgan fingerprint density at radius 2 is 1.82 bits per heavy atom. The standard InChI is InChI=1S/C24H27N5O.C3H8/c1-15-11-19(29-20-8-10-27-23(13-20)16(2)30)4-6-22(15)26-9-7-17-14-28-24-12-18(25)3-5-21(17)24;1-3-2/h3-6,8,10-14,16,26,28,30H,7,9,25H2,1-2H3,(H,27,29);3H2,1-2H3. The molecule has 174 valence electrons. The van der Waals surface area contributed by atoms with Gasteiger partial charge < -0.3 is 26.5 Å². The molecule has 2 aromatic heterocycles. The Kier molecular flexibility index (Phi) is 8.33. The summed E-state index contributed by atoms with van der Waals surface area (Å²) in [6, 6.07) is 16.0. The van der Waals surface area contributed by atoms with Gasteiger partial charge in [0.25, 0.3) is 0 Å². The minimum atomic E-state index is -0.588. The molecular weight excluding hydrogens is 410 g/mol. The predicted octanol–water partition coefficient (Wildman–Crippen LogP) is 6.32. The van der Waals surface area contributed by atoms with Crippen LogP contribution in [0, 0.1) is 6.92 Å². The molecule has 0 amide bonds. The van der Waals surface area contributed by atoms with Crippen LogP contribution in [0.25, 0.3) is 10.9 Å². The summed E-state index contributed by atoms with van der Waals surface area (Å²) in [5, 5.41) is 17.8. The average molecular weight is 446 g/mol. The highest BCUT2D eigenvalue weighted by atomic mass is 16.3. The fraction of sp³-hybridized carbons (Fsp3) is 0.296. The van der Waals surface area contributed by atoms with Crippen molar-refractivity contribution in [1.29, 1.82) is 0 Å². The molecule has 33 heavy (non-hydrogen) atoms. The lowest BCUT2D eigenvalue weighted by Gasteiger charge is -2.13. The molecule has 4 aromatic rings. The third-order valence-corrected chi connectivity index (χ3v) is 5.23. The van der Waals surface area contributed by atoms with E-state index in [0.717, 1.165) is 46.8 Å². The van der Waals surface area contributed by atoms with Gasteiger partial charge >= 0.3 is 0 Å². The molecular formula is C27H35N5O. The fourth-order valence-corrected chi connectivity index (χ4v) is 3.60. The van der Waals surface area contributed by atoms with Crippen LogP contribution in [0.2, 0.25) is 0 Å². The molecule has 0 bridgehead atoms. The van der Waals surface area contributed by atoms with Crippen molar-refractivity contribution >= 4 is 33.7 Å². The summed E-state index contributed by atoms with van der Waals surface area (Å²) in [5.41, 5.74) is 13.8. The number of pyridine rings is 1. The van der Waals surface area contributed by atoms with Crippen LogP contribution in [0.3, 0.4) is 0 Å². The monoisotopic (exact) mass is 445 g/mol. The van der Waals surface area contributed by atoms with Gasteiger partial charge in [-0.2, -0.15) is 0 Å². The summed E-state index contributed by atoms with van der Waals surface area (Å²) in [7, 11) is 0. The van der Waals surface area contributed by atoms with E-state index in [4.69, 9.17) is 5.73 Å². The highest BCUT2D eigenvalue weighted by Gasteiger charge is 2.06. The molecule has 0 spiro atoms. The number of hydrogen-bond acceptors (Lipinski definition) is 5. The molecule has 0 radical (unpaired) electrons. The number of anilines is 4. The maximum Gasteiger partial charge on any atom is 0.0932 e. The van der Waals surface area contributed by atoms with E-state index >= 15 is 0 Å². The molecule has 1 unspecified atom stereocenters. The van der Waals surface area contributed by atoms with Crippen LogP contribution in [-0.2, 0) is 6.42 Å². The van der Waals surface area contributed by atoms with Gasteiger partial charge in [0.1, 0.15) is 0 Å². The van der Waals surface area contributed by atoms with Crippen molar-refractivity contribution in [3.05, 3.63) is 77.7 Å². The first-order valence-electron chi connectivity index (χ1n) is 11.5. The molecule has 2 aromatic carbocycles. The number of benzene rings is 2. The molecule has 0 aliphatic rings. The predicted molar refractivity (Wildman–Crippen MR) is 140 cm³/mol. The van der Waals surface area contributed by atoms with Crippen molar-refractivity contribution in [1.82, 2.24) is 9.97 Å². The van der Waals surface area contributed by atoms with E-state index in [-0.39, 0.29) is 0 Å². The van der Waals surface area contributed by atoms with Crippen molar-refractivity contribution in [3.8, 4) is 0 Å². The van der Waals surface area contributed by atoms with Crippen LogP contribution in [0.15, 0.2) is 60.9 Å². The Labute approximate surface area is 196 Å². The second kappa shape index (κ2) is 11.4. The number of nitrogens with zero attached hydrogens (tertiary/aromatic N) is 1. The number of aliphatic hydroxyl groups is 1. The van der Waals surface area contributed by atoms with Gasteiger partial charge in [-0.25, -0.2) is 0 Å². The highest BCUT2D eigenvalue weighted by Crippen LogP contribution is 2.25. The molecule has 2 heterocycles. The van der Waals surface area contributed by atoms with E-state index in [1.807, 2.05) is 30.3 Å². The van der Waals surface area contributed by atoms with E-state index < -0.39 is 6.10 Å². The highest BCUT2D eigenvalue weighted by molar-refractivity contribution is 5.85. The van der Waals surface area contributed by atoms with E-state index in [2.05, 4.69) is 65.8 Å². The molecule has 0 saturated heterocycles. The molecule has 0 aliphatic heterocycles.